The second kappa shape index (κ2) is 5.92. The molecule has 1 atom stereocenters. The molecule has 0 radical (unpaired) electrons. The Hall–Kier alpha value is -1.08. The van der Waals surface area contributed by atoms with Crippen molar-refractivity contribution in [1.29, 1.82) is 0 Å². The fraction of sp³-hybridized carbons (Fsp3) is 0.417. The van der Waals surface area contributed by atoms with E-state index in [1.54, 1.807) is 13.8 Å². The highest BCUT2D eigenvalue weighted by atomic mass is 79.9. The molecule has 3 nitrogen and oxygen atoms in total. The van der Waals surface area contributed by atoms with Gasteiger partial charge < -0.3 is 11.1 Å². The molecule has 7 heteroatoms. The van der Waals surface area contributed by atoms with E-state index in [1.165, 1.54) is 6.07 Å². The lowest BCUT2D eigenvalue weighted by Gasteiger charge is -2.17. The Kier molecular flexibility index (Phi) is 4.98. The van der Waals surface area contributed by atoms with Crippen LogP contribution in [0.15, 0.2) is 22.7 Å². The average Bonchev–Trinajstić information content (AvgIpc) is 2.29. The monoisotopic (exact) mass is 338 g/mol. The third-order valence-electron chi connectivity index (χ3n) is 2.57. The summed E-state index contributed by atoms with van der Waals surface area (Å²) in [6.45, 7) is 3.51. The Morgan fingerprint density at radius 2 is 1.95 bits per heavy atom. The van der Waals surface area contributed by atoms with Crippen molar-refractivity contribution < 1.29 is 18.0 Å². The predicted octanol–water partition coefficient (Wildman–Crippen LogP) is 3.39. The zero-order valence-corrected chi connectivity index (χ0v) is 12.0. The number of rotatable bonds is 3. The predicted molar refractivity (Wildman–Crippen MR) is 70.6 cm³/mol. The van der Waals surface area contributed by atoms with Gasteiger partial charge in [0.15, 0.2) is 0 Å². The quantitative estimate of drug-likeness (QED) is 0.887. The van der Waals surface area contributed by atoms with E-state index in [-0.39, 0.29) is 11.6 Å². The molecule has 0 spiro atoms. The lowest BCUT2D eigenvalue weighted by atomic mass is 10.0. The number of benzene rings is 1. The van der Waals surface area contributed by atoms with Crippen LogP contribution in [0.4, 0.5) is 18.9 Å². The first-order chi connectivity index (χ1) is 8.62. The van der Waals surface area contributed by atoms with Gasteiger partial charge in [0.25, 0.3) is 0 Å². The minimum atomic E-state index is -4.46. The molecule has 3 N–H and O–H groups in total. The largest absolute Gasteiger partial charge is 0.416 e. The molecule has 1 unspecified atom stereocenters. The molecule has 0 fully saturated rings. The SMILES string of the molecule is CC(C)C(N)C(=O)Nc1cc(C(F)(F)F)ccc1Br. The van der Waals surface area contributed by atoms with Gasteiger partial charge in [0.1, 0.15) is 0 Å². The van der Waals surface area contributed by atoms with Crippen molar-refractivity contribution in [1.82, 2.24) is 0 Å². The molecule has 0 aliphatic carbocycles. The number of carbonyl (C=O) groups is 1. The standard InChI is InChI=1S/C12H14BrF3N2O/c1-6(2)10(17)11(19)18-9-5-7(12(14,15)16)3-4-8(9)13/h3-6,10H,17H2,1-2H3,(H,18,19). The molecule has 106 valence electrons. The number of amides is 1. The van der Waals surface area contributed by atoms with E-state index < -0.39 is 23.7 Å². The molecule has 1 aromatic carbocycles. The molecule has 1 amide bonds. The number of alkyl halides is 3. The second-order valence-corrected chi connectivity index (χ2v) is 5.31. The van der Waals surface area contributed by atoms with Crippen molar-refractivity contribution in [2.45, 2.75) is 26.1 Å². The maximum Gasteiger partial charge on any atom is 0.416 e. The first kappa shape index (κ1) is 16.0. The fourth-order valence-electron chi connectivity index (χ4n) is 1.32. The topological polar surface area (TPSA) is 55.1 Å². The van der Waals surface area contributed by atoms with E-state index in [1.807, 2.05) is 0 Å². The van der Waals surface area contributed by atoms with E-state index >= 15 is 0 Å². The van der Waals surface area contributed by atoms with Gasteiger partial charge in [0, 0.05) is 4.47 Å². The van der Waals surface area contributed by atoms with Crippen LogP contribution >= 0.6 is 15.9 Å². The molecule has 0 saturated heterocycles. The number of halogens is 4. The summed E-state index contributed by atoms with van der Waals surface area (Å²) in [5.41, 5.74) is 4.85. The minimum Gasteiger partial charge on any atom is -0.324 e. The normalized spacial score (nSPS) is 13.5. The Balaban J connectivity index is 2.98. The van der Waals surface area contributed by atoms with Crippen LogP contribution in [-0.2, 0) is 11.0 Å². The van der Waals surface area contributed by atoms with Crippen molar-refractivity contribution in [3.05, 3.63) is 28.2 Å². The van der Waals surface area contributed by atoms with Gasteiger partial charge >= 0.3 is 6.18 Å². The van der Waals surface area contributed by atoms with Gasteiger partial charge in [0.05, 0.1) is 17.3 Å². The Labute approximate surface area is 117 Å². The highest BCUT2D eigenvalue weighted by Crippen LogP contribution is 2.34. The smallest absolute Gasteiger partial charge is 0.324 e. The van der Waals surface area contributed by atoms with Gasteiger partial charge in [-0.05, 0) is 40.0 Å². The summed E-state index contributed by atoms with van der Waals surface area (Å²) in [5, 5.41) is 2.39. The molecule has 0 heterocycles. The lowest BCUT2D eigenvalue weighted by molar-refractivity contribution is -0.137. The molecule has 1 rings (SSSR count). The zero-order valence-electron chi connectivity index (χ0n) is 10.4. The fourth-order valence-corrected chi connectivity index (χ4v) is 1.66. The third-order valence-corrected chi connectivity index (χ3v) is 3.26. The summed E-state index contributed by atoms with van der Waals surface area (Å²) >= 11 is 3.09. The molecule has 0 aliphatic heterocycles. The van der Waals surface area contributed by atoms with Crippen LogP contribution in [0.25, 0.3) is 0 Å². The molecular weight excluding hydrogens is 325 g/mol. The van der Waals surface area contributed by atoms with Crippen LogP contribution in [-0.4, -0.2) is 11.9 Å². The van der Waals surface area contributed by atoms with E-state index in [9.17, 15) is 18.0 Å². The number of hydrogen-bond donors (Lipinski definition) is 2. The van der Waals surface area contributed by atoms with Gasteiger partial charge in [-0.25, -0.2) is 0 Å². The van der Waals surface area contributed by atoms with Crippen molar-refractivity contribution >= 4 is 27.5 Å². The molecule has 0 bridgehead atoms. The maximum absolute atomic E-state index is 12.6. The Bertz CT molecular complexity index is 475. The number of nitrogens with two attached hydrogens (primary N) is 1. The lowest BCUT2D eigenvalue weighted by Crippen LogP contribution is -2.39. The minimum absolute atomic E-state index is 0.0518. The van der Waals surface area contributed by atoms with Gasteiger partial charge in [-0.15, -0.1) is 0 Å². The molecule has 1 aromatic rings. The summed E-state index contributed by atoms with van der Waals surface area (Å²) < 4.78 is 38.1. The summed E-state index contributed by atoms with van der Waals surface area (Å²) in [5.74, 6) is -0.625. The first-order valence-corrected chi connectivity index (χ1v) is 6.35. The summed E-state index contributed by atoms with van der Waals surface area (Å²) in [6.07, 6.45) is -4.46. The molecule has 0 aliphatic rings. The Morgan fingerprint density at radius 1 is 1.37 bits per heavy atom. The van der Waals surface area contributed by atoms with Crippen molar-refractivity contribution in [2.24, 2.45) is 11.7 Å². The second-order valence-electron chi connectivity index (χ2n) is 4.45. The summed E-state index contributed by atoms with van der Waals surface area (Å²) in [7, 11) is 0. The summed E-state index contributed by atoms with van der Waals surface area (Å²) in [6, 6.07) is 2.26. The average molecular weight is 339 g/mol. The van der Waals surface area contributed by atoms with Crippen LogP contribution < -0.4 is 11.1 Å². The number of hydrogen-bond acceptors (Lipinski definition) is 2. The van der Waals surface area contributed by atoms with Crippen molar-refractivity contribution in [3.8, 4) is 0 Å². The van der Waals surface area contributed by atoms with Gasteiger partial charge in [-0.2, -0.15) is 13.2 Å². The van der Waals surface area contributed by atoms with Crippen molar-refractivity contribution in [3.63, 3.8) is 0 Å². The maximum atomic E-state index is 12.6. The Morgan fingerprint density at radius 3 is 2.42 bits per heavy atom. The number of anilines is 1. The third kappa shape index (κ3) is 4.21. The van der Waals surface area contributed by atoms with E-state index in [0.29, 0.717) is 4.47 Å². The van der Waals surface area contributed by atoms with Crippen LogP contribution in [0, 0.1) is 5.92 Å². The molecule has 0 aromatic heterocycles. The van der Waals surface area contributed by atoms with E-state index in [4.69, 9.17) is 5.73 Å². The van der Waals surface area contributed by atoms with Gasteiger partial charge in [0.2, 0.25) is 5.91 Å². The molecule has 19 heavy (non-hydrogen) atoms. The van der Waals surface area contributed by atoms with Crippen molar-refractivity contribution in [2.75, 3.05) is 5.32 Å². The number of nitrogens with one attached hydrogen (secondary N) is 1. The highest BCUT2D eigenvalue weighted by Gasteiger charge is 2.31. The van der Waals surface area contributed by atoms with Crippen LogP contribution in [0.2, 0.25) is 0 Å². The highest BCUT2D eigenvalue weighted by molar-refractivity contribution is 9.10. The van der Waals surface area contributed by atoms with Gasteiger partial charge in [-0.1, -0.05) is 13.8 Å². The zero-order chi connectivity index (χ0) is 14.8. The van der Waals surface area contributed by atoms with Crippen LogP contribution in [0.5, 0.6) is 0 Å². The van der Waals surface area contributed by atoms with Gasteiger partial charge in [-0.3, -0.25) is 4.79 Å². The summed E-state index contributed by atoms with van der Waals surface area (Å²) in [4.78, 5) is 11.7. The number of carbonyl (C=O) groups excluding carboxylic acids is 1. The first-order valence-electron chi connectivity index (χ1n) is 5.56. The van der Waals surface area contributed by atoms with E-state index in [2.05, 4.69) is 21.2 Å². The van der Waals surface area contributed by atoms with Crippen LogP contribution in [0.3, 0.4) is 0 Å². The molecular formula is C12H14BrF3N2O. The van der Waals surface area contributed by atoms with E-state index in [0.717, 1.165) is 12.1 Å². The molecule has 0 saturated carbocycles. The van der Waals surface area contributed by atoms with Crippen LogP contribution in [0.1, 0.15) is 19.4 Å².